The summed E-state index contributed by atoms with van der Waals surface area (Å²) in [7, 11) is -4.03. The van der Waals surface area contributed by atoms with Crippen molar-refractivity contribution in [2.45, 2.75) is 23.8 Å². The van der Waals surface area contributed by atoms with E-state index in [9.17, 15) is 30.4 Å². The first kappa shape index (κ1) is 25.1. The van der Waals surface area contributed by atoms with Crippen LogP contribution >= 0.6 is 0 Å². The second-order valence-corrected chi connectivity index (χ2v) is 10.4. The highest BCUT2D eigenvalue weighted by atomic mass is 32.2. The number of hydrogen-bond acceptors (Lipinski definition) is 3. The number of rotatable bonds is 6. The first-order valence-corrected chi connectivity index (χ1v) is 12.5. The Balaban J connectivity index is 1.68. The van der Waals surface area contributed by atoms with E-state index >= 15 is 0 Å². The summed E-state index contributed by atoms with van der Waals surface area (Å²) in [6, 6.07) is 15.2. The first-order chi connectivity index (χ1) is 16.5. The van der Waals surface area contributed by atoms with Gasteiger partial charge in [0.25, 0.3) is 0 Å². The highest BCUT2D eigenvalue weighted by Crippen LogP contribution is 2.39. The fourth-order valence-corrected chi connectivity index (χ4v) is 6.33. The van der Waals surface area contributed by atoms with Crippen molar-refractivity contribution < 1.29 is 30.4 Å². The fourth-order valence-electron chi connectivity index (χ4n) is 4.57. The van der Waals surface area contributed by atoms with E-state index in [1.54, 1.807) is 24.3 Å². The van der Waals surface area contributed by atoms with Crippen molar-refractivity contribution >= 4 is 15.7 Å². The van der Waals surface area contributed by atoms with Gasteiger partial charge in [0.1, 0.15) is 11.6 Å². The molecule has 1 fully saturated rings. The molecule has 186 valence electrons. The lowest BCUT2D eigenvalue weighted by atomic mass is 9.77. The van der Waals surface area contributed by atoms with Crippen LogP contribution in [0.25, 0.3) is 0 Å². The molecule has 1 aliphatic heterocycles. The van der Waals surface area contributed by atoms with Gasteiger partial charge in [0, 0.05) is 24.1 Å². The molecule has 1 heterocycles. The quantitative estimate of drug-likeness (QED) is 0.429. The zero-order valence-corrected chi connectivity index (χ0v) is 19.2. The molecule has 1 saturated heterocycles. The molecule has 0 spiro atoms. The molecule has 2 atom stereocenters. The van der Waals surface area contributed by atoms with Gasteiger partial charge in [-0.3, -0.25) is 4.72 Å². The van der Waals surface area contributed by atoms with Crippen LogP contribution < -0.4 is 10.0 Å². The topological polar surface area (TPSA) is 58.2 Å². The van der Waals surface area contributed by atoms with Crippen molar-refractivity contribution in [2.24, 2.45) is 5.92 Å². The van der Waals surface area contributed by atoms with Gasteiger partial charge in [-0.05, 0) is 72.6 Å². The van der Waals surface area contributed by atoms with Gasteiger partial charge < -0.3 is 5.32 Å². The molecule has 3 aromatic carbocycles. The zero-order chi connectivity index (χ0) is 25.2. The van der Waals surface area contributed by atoms with Crippen LogP contribution in [-0.4, -0.2) is 26.8 Å². The number of anilines is 1. The van der Waals surface area contributed by atoms with E-state index in [1.165, 1.54) is 24.3 Å². The Morgan fingerprint density at radius 2 is 1.34 bits per heavy atom. The van der Waals surface area contributed by atoms with Crippen molar-refractivity contribution in [1.29, 1.82) is 0 Å². The van der Waals surface area contributed by atoms with Crippen LogP contribution in [0, 0.1) is 17.6 Å². The van der Waals surface area contributed by atoms with Crippen LogP contribution in [0.5, 0.6) is 0 Å². The molecule has 35 heavy (non-hydrogen) atoms. The molecule has 2 unspecified atom stereocenters. The number of sulfonamides is 1. The Morgan fingerprint density at radius 3 is 1.83 bits per heavy atom. The molecule has 0 aromatic heterocycles. The lowest BCUT2D eigenvalue weighted by Crippen LogP contribution is -2.48. The second-order valence-electron chi connectivity index (χ2n) is 8.50. The summed E-state index contributed by atoms with van der Waals surface area (Å²) >= 11 is 0. The van der Waals surface area contributed by atoms with Crippen molar-refractivity contribution in [3.8, 4) is 0 Å². The summed E-state index contributed by atoms with van der Waals surface area (Å²) in [6.07, 6.45) is -4.28. The summed E-state index contributed by atoms with van der Waals surface area (Å²) < 4.78 is 95.2. The van der Waals surface area contributed by atoms with Crippen molar-refractivity contribution in [2.75, 3.05) is 17.8 Å². The van der Waals surface area contributed by atoms with E-state index < -0.39 is 50.5 Å². The summed E-state index contributed by atoms with van der Waals surface area (Å²) in [5, 5.41) is 2.29. The third-order valence-corrected chi connectivity index (χ3v) is 8.12. The van der Waals surface area contributed by atoms with Crippen LogP contribution in [0.1, 0.15) is 29.0 Å². The number of benzene rings is 3. The maximum Gasteiger partial charge on any atom is 0.416 e. The summed E-state index contributed by atoms with van der Waals surface area (Å²) in [6.45, 7) is 0.743. The zero-order valence-electron chi connectivity index (χ0n) is 18.4. The van der Waals surface area contributed by atoms with Crippen LogP contribution in [-0.2, 0) is 16.2 Å². The second kappa shape index (κ2) is 9.94. The van der Waals surface area contributed by atoms with Crippen LogP contribution in [0.15, 0.2) is 72.8 Å². The van der Waals surface area contributed by atoms with Crippen LogP contribution in [0.2, 0.25) is 0 Å². The molecular formula is C25H23F5N2O2S. The van der Waals surface area contributed by atoms with Gasteiger partial charge >= 0.3 is 6.18 Å². The molecular weight excluding hydrogens is 487 g/mol. The minimum atomic E-state index is -4.53. The number of halogens is 5. The molecule has 4 nitrogen and oxygen atoms in total. The number of piperidine rings is 1. The number of hydrogen-bond donors (Lipinski definition) is 2. The molecule has 10 heteroatoms. The minimum Gasteiger partial charge on any atom is -0.316 e. The van der Waals surface area contributed by atoms with Gasteiger partial charge in [-0.2, -0.15) is 13.2 Å². The maximum absolute atomic E-state index is 13.6. The van der Waals surface area contributed by atoms with Gasteiger partial charge in [-0.1, -0.05) is 24.3 Å². The van der Waals surface area contributed by atoms with Crippen molar-refractivity contribution in [3.05, 3.63) is 101 Å². The molecule has 0 bridgehead atoms. The van der Waals surface area contributed by atoms with Crippen molar-refractivity contribution in [1.82, 2.24) is 5.32 Å². The highest BCUT2D eigenvalue weighted by molar-refractivity contribution is 7.93. The summed E-state index contributed by atoms with van der Waals surface area (Å²) in [4.78, 5) is 0. The van der Waals surface area contributed by atoms with Crippen molar-refractivity contribution in [3.63, 3.8) is 0 Å². The van der Waals surface area contributed by atoms with E-state index in [-0.39, 0.29) is 12.1 Å². The Kier molecular flexibility index (Phi) is 7.14. The Labute approximate surface area is 200 Å². The summed E-state index contributed by atoms with van der Waals surface area (Å²) in [5.41, 5.74) is 0.478. The van der Waals surface area contributed by atoms with Gasteiger partial charge in [0.15, 0.2) is 0 Å². The van der Waals surface area contributed by atoms with Gasteiger partial charge in [0.2, 0.25) is 10.0 Å². The van der Waals surface area contributed by atoms with Crippen LogP contribution in [0.3, 0.4) is 0 Å². The average Bonchev–Trinajstić information content (AvgIpc) is 2.81. The highest BCUT2D eigenvalue weighted by Gasteiger charge is 2.41. The summed E-state index contributed by atoms with van der Waals surface area (Å²) in [5.74, 6) is -1.91. The van der Waals surface area contributed by atoms with Gasteiger partial charge in [-0.15, -0.1) is 0 Å². The molecule has 0 aliphatic carbocycles. The molecule has 3 aromatic rings. The first-order valence-electron chi connectivity index (χ1n) is 10.9. The van der Waals surface area contributed by atoms with Crippen LogP contribution in [0.4, 0.5) is 27.6 Å². The predicted molar refractivity (Wildman–Crippen MR) is 123 cm³/mol. The maximum atomic E-state index is 13.6. The van der Waals surface area contributed by atoms with Gasteiger partial charge in [-0.25, -0.2) is 17.2 Å². The largest absolute Gasteiger partial charge is 0.416 e. The van der Waals surface area contributed by atoms with E-state index in [2.05, 4.69) is 10.0 Å². The third kappa shape index (κ3) is 5.82. The van der Waals surface area contributed by atoms with E-state index in [1.807, 2.05) is 0 Å². The van der Waals surface area contributed by atoms with E-state index in [0.29, 0.717) is 24.2 Å². The third-order valence-electron chi connectivity index (χ3n) is 6.22. The number of nitrogens with one attached hydrogen (secondary N) is 2. The molecule has 0 radical (unpaired) electrons. The predicted octanol–water partition coefficient (Wildman–Crippen LogP) is 5.54. The standard InChI is InChI=1S/C25H23F5N2O2S/c26-19-7-1-16(2-8-19)24(17-3-9-20(27)10-4-17)22-15-31-14-13-23(22)35(33,34)32-21-11-5-18(6-12-21)25(28,29)30/h1-12,22-24,31-32H,13-15H2. The SMILES string of the molecule is O=S(=O)(Nc1ccc(C(F)(F)F)cc1)C1CCNCC1C(c1ccc(F)cc1)c1ccc(F)cc1. The molecule has 2 N–H and O–H groups in total. The average molecular weight is 511 g/mol. The van der Waals surface area contributed by atoms with E-state index in [0.717, 1.165) is 24.3 Å². The number of alkyl halides is 3. The molecule has 0 amide bonds. The Hall–Kier alpha value is -2.98. The smallest absolute Gasteiger partial charge is 0.316 e. The molecule has 0 saturated carbocycles. The molecule has 4 rings (SSSR count). The Morgan fingerprint density at radius 1 is 0.829 bits per heavy atom. The van der Waals surface area contributed by atoms with E-state index in [4.69, 9.17) is 0 Å². The normalized spacial score (nSPS) is 19.0. The fraction of sp³-hybridized carbons (Fsp3) is 0.280. The Bertz CT molecular complexity index is 1200. The minimum absolute atomic E-state index is 0.0235. The molecule has 1 aliphatic rings. The van der Waals surface area contributed by atoms with Gasteiger partial charge in [0.05, 0.1) is 10.8 Å². The lowest BCUT2D eigenvalue weighted by Gasteiger charge is -2.38. The lowest BCUT2D eigenvalue weighted by molar-refractivity contribution is -0.137. The monoisotopic (exact) mass is 510 g/mol.